The van der Waals surface area contributed by atoms with Crippen LogP contribution in [-0.4, -0.2) is 34.6 Å². The molecule has 116 valence electrons. The van der Waals surface area contributed by atoms with Gasteiger partial charge >= 0.3 is 0 Å². The normalized spacial score (nSPS) is 13.2. The molecule has 0 fully saturated rings. The molecule has 0 aliphatic rings. The number of amides is 2. The van der Waals surface area contributed by atoms with Gasteiger partial charge in [-0.05, 0) is 12.5 Å². The zero-order chi connectivity index (χ0) is 15.9. The lowest BCUT2D eigenvalue weighted by Crippen LogP contribution is -2.47. The highest BCUT2D eigenvalue weighted by molar-refractivity contribution is 7.13. The number of nitrogens with one attached hydrogen (secondary N) is 2. The summed E-state index contributed by atoms with van der Waals surface area (Å²) in [6.07, 6.45) is 1.56. The maximum Gasteiger partial charge on any atom is 0.251 e. The van der Waals surface area contributed by atoms with Crippen molar-refractivity contribution in [3.8, 4) is 0 Å². The number of hydrogen-bond acceptors (Lipinski definition) is 5. The first-order valence-electron chi connectivity index (χ1n) is 6.78. The van der Waals surface area contributed by atoms with Crippen molar-refractivity contribution in [1.82, 2.24) is 10.3 Å². The van der Waals surface area contributed by atoms with Crippen LogP contribution in [0.3, 0.4) is 0 Å². The fourth-order valence-corrected chi connectivity index (χ4v) is 2.39. The average molecular weight is 319 g/mol. The Bertz CT molecular complexity index is 616. The number of carbonyl (C=O) groups is 2. The van der Waals surface area contributed by atoms with E-state index in [9.17, 15) is 14.7 Å². The molecule has 2 rings (SSSR count). The van der Waals surface area contributed by atoms with E-state index in [0.717, 1.165) is 5.56 Å². The lowest BCUT2D eigenvalue weighted by Gasteiger charge is -2.18. The van der Waals surface area contributed by atoms with Gasteiger partial charge in [0.2, 0.25) is 5.91 Å². The molecule has 0 aliphatic carbocycles. The van der Waals surface area contributed by atoms with E-state index in [2.05, 4.69) is 15.6 Å². The second-order valence-electron chi connectivity index (χ2n) is 4.70. The molecule has 1 aromatic heterocycles. The van der Waals surface area contributed by atoms with Crippen molar-refractivity contribution < 1.29 is 14.7 Å². The first-order valence-corrected chi connectivity index (χ1v) is 7.66. The number of nitrogens with zero attached hydrogens (tertiary/aromatic N) is 1. The van der Waals surface area contributed by atoms with Crippen LogP contribution < -0.4 is 10.6 Å². The van der Waals surface area contributed by atoms with E-state index in [1.165, 1.54) is 11.3 Å². The highest BCUT2D eigenvalue weighted by atomic mass is 32.1. The number of aliphatic hydroxyl groups excluding tert-OH is 1. The maximum absolute atomic E-state index is 12.2. The summed E-state index contributed by atoms with van der Waals surface area (Å²) in [6.45, 7) is 1.27. The number of aromatic nitrogens is 1. The first-order chi connectivity index (χ1) is 10.6. The third-order valence-electron chi connectivity index (χ3n) is 3.17. The molecule has 2 aromatic rings. The Hall–Kier alpha value is -2.25. The van der Waals surface area contributed by atoms with Gasteiger partial charge in [-0.25, -0.2) is 4.98 Å². The number of carbonyl (C=O) groups excluding carboxylic acids is 2. The van der Waals surface area contributed by atoms with Gasteiger partial charge in [-0.3, -0.25) is 9.59 Å². The third-order valence-corrected chi connectivity index (χ3v) is 3.86. The minimum absolute atomic E-state index is 0.320. The summed E-state index contributed by atoms with van der Waals surface area (Å²) in [5.74, 6) is -1.23. The zero-order valence-electron chi connectivity index (χ0n) is 12.0. The van der Waals surface area contributed by atoms with Crippen LogP contribution in [-0.2, 0) is 9.59 Å². The van der Waals surface area contributed by atoms with Crippen LogP contribution in [0.1, 0.15) is 18.4 Å². The van der Waals surface area contributed by atoms with Gasteiger partial charge in [0, 0.05) is 11.6 Å². The number of thiazole rings is 1. The molecule has 1 heterocycles. The Labute approximate surface area is 132 Å². The molecule has 0 bridgehead atoms. The summed E-state index contributed by atoms with van der Waals surface area (Å²) in [7, 11) is 0. The van der Waals surface area contributed by atoms with Crippen LogP contribution in [0.5, 0.6) is 0 Å². The molecule has 0 aliphatic heterocycles. The van der Waals surface area contributed by atoms with E-state index < -0.39 is 24.5 Å². The molecule has 2 atom stereocenters. The number of benzene rings is 1. The van der Waals surface area contributed by atoms with Gasteiger partial charge in [-0.1, -0.05) is 30.3 Å². The fourth-order valence-electron chi connectivity index (χ4n) is 1.86. The predicted molar refractivity (Wildman–Crippen MR) is 84.6 cm³/mol. The van der Waals surface area contributed by atoms with E-state index in [4.69, 9.17) is 0 Å². The number of aliphatic hydroxyl groups is 1. The molecule has 6 nitrogen and oxygen atoms in total. The second-order valence-corrected chi connectivity index (χ2v) is 5.60. The van der Waals surface area contributed by atoms with Crippen LogP contribution in [0.4, 0.5) is 5.13 Å². The van der Waals surface area contributed by atoms with Gasteiger partial charge in [0.25, 0.3) is 5.91 Å². The maximum atomic E-state index is 12.2. The van der Waals surface area contributed by atoms with Crippen LogP contribution in [0.25, 0.3) is 0 Å². The van der Waals surface area contributed by atoms with E-state index in [0.29, 0.717) is 5.13 Å². The Morgan fingerprint density at radius 3 is 2.59 bits per heavy atom. The van der Waals surface area contributed by atoms with E-state index in [-0.39, 0.29) is 5.91 Å². The quantitative estimate of drug-likeness (QED) is 0.750. The van der Waals surface area contributed by atoms with E-state index >= 15 is 0 Å². The van der Waals surface area contributed by atoms with Gasteiger partial charge in [-0.2, -0.15) is 0 Å². The minimum atomic E-state index is -1.01. The summed E-state index contributed by atoms with van der Waals surface area (Å²) in [4.78, 5) is 28.1. The van der Waals surface area contributed by atoms with Crippen molar-refractivity contribution >= 4 is 28.3 Å². The summed E-state index contributed by atoms with van der Waals surface area (Å²) >= 11 is 1.26. The van der Waals surface area contributed by atoms with Crippen LogP contribution in [0.15, 0.2) is 41.9 Å². The van der Waals surface area contributed by atoms with Gasteiger partial charge in [-0.15, -0.1) is 11.3 Å². The van der Waals surface area contributed by atoms with Crippen molar-refractivity contribution in [3.05, 3.63) is 47.5 Å². The average Bonchev–Trinajstić information content (AvgIpc) is 3.05. The molecule has 3 N–H and O–H groups in total. The molecule has 0 radical (unpaired) electrons. The lowest BCUT2D eigenvalue weighted by atomic mass is 10.00. The largest absolute Gasteiger partial charge is 0.394 e. The Kier molecular flexibility index (Phi) is 5.62. The van der Waals surface area contributed by atoms with E-state index in [1.807, 2.05) is 30.3 Å². The van der Waals surface area contributed by atoms with Crippen molar-refractivity contribution in [2.24, 2.45) is 0 Å². The predicted octanol–water partition coefficient (Wildman–Crippen LogP) is 1.36. The smallest absolute Gasteiger partial charge is 0.251 e. The van der Waals surface area contributed by atoms with Crippen LogP contribution in [0, 0.1) is 0 Å². The molecule has 7 heteroatoms. The lowest BCUT2D eigenvalue weighted by molar-refractivity contribution is -0.128. The summed E-state index contributed by atoms with van der Waals surface area (Å²) in [6, 6.07) is 8.23. The standard InChI is InChI=1S/C15H17N3O3S/c1-10(11-5-3-2-4-6-11)13(20)17-12(9-19)14(21)18-15-16-7-8-22-15/h2-8,10,12,19H,9H2,1H3,(H,17,20)(H,16,18,21). The Morgan fingerprint density at radius 2 is 2.00 bits per heavy atom. The number of hydrogen-bond donors (Lipinski definition) is 3. The molecular formula is C15H17N3O3S. The molecule has 2 amide bonds. The highest BCUT2D eigenvalue weighted by Crippen LogP contribution is 2.15. The van der Waals surface area contributed by atoms with Gasteiger partial charge < -0.3 is 15.7 Å². The van der Waals surface area contributed by atoms with Gasteiger partial charge in [0.05, 0.1) is 12.5 Å². The molecule has 0 spiro atoms. The Morgan fingerprint density at radius 1 is 1.27 bits per heavy atom. The number of rotatable bonds is 6. The van der Waals surface area contributed by atoms with Crippen molar-refractivity contribution in [1.29, 1.82) is 0 Å². The molecule has 0 saturated carbocycles. The molecule has 1 aromatic carbocycles. The third kappa shape index (κ3) is 4.12. The van der Waals surface area contributed by atoms with Crippen molar-refractivity contribution in [3.63, 3.8) is 0 Å². The first kappa shape index (κ1) is 16.1. The molecule has 0 saturated heterocycles. The van der Waals surface area contributed by atoms with Gasteiger partial charge in [0.1, 0.15) is 6.04 Å². The fraction of sp³-hybridized carbons (Fsp3) is 0.267. The summed E-state index contributed by atoms with van der Waals surface area (Å²) in [5.41, 5.74) is 0.844. The summed E-state index contributed by atoms with van der Waals surface area (Å²) < 4.78 is 0. The minimum Gasteiger partial charge on any atom is -0.394 e. The number of anilines is 1. The van der Waals surface area contributed by atoms with Crippen molar-refractivity contribution in [2.75, 3.05) is 11.9 Å². The molecule has 22 heavy (non-hydrogen) atoms. The van der Waals surface area contributed by atoms with Gasteiger partial charge in [0.15, 0.2) is 5.13 Å². The topological polar surface area (TPSA) is 91.3 Å². The SMILES string of the molecule is CC(C(=O)NC(CO)C(=O)Nc1nccs1)c1ccccc1. The molecular weight excluding hydrogens is 302 g/mol. The summed E-state index contributed by atoms with van der Waals surface area (Å²) in [5, 5.41) is 16.6. The van der Waals surface area contributed by atoms with Crippen molar-refractivity contribution in [2.45, 2.75) is 18.9 Å². The molecule has 2 unspecified atom stereocenters. The van der Waals surface area contributed by atoms with Crippen LogP contribution in [0.2, 0.25) is 0 Å². The monoisotopic (exact) mass is 319 g/mol. The second kappa shape index (κ2) is 7.67. The Balaban J connectivity index is 1.97. The highest BCUT2D eigenvalue weighted by Gasteiger charge is 2.24. The zero-order valence-corrected chi connectivity index (χ0v) is 12.8. The van der Waals surface area contributed by atoms with Crippen LogP contribution >= 0.6 is 11.3 Å². The van der Waals surface area contributed by atoms with E-state index in [1.54, 1.807) is 18.5 Å².